The maximum atomic E-state index is 13.0. The normalized spacial score (nSPS) is 12.5. The molecule has 0 bridgehead atoms. The molecule has 0 unspecified atom stereocenters. The fourth-order valence-electron chi connectivity index (χ4n) is 3.45. The molecule has 0 spiro atoms. The molecule has 0 radical (unpaired) electrons. The van der Waals surface area contributed by atoms with Gasteiger partial charge in [-0.1, -0.05) is 18.2 Å². The molecule has 1 aliphatic heterocycles. The van der Waals surface area contributed by atoms with Gasteiger partial charge in [-0.3, -0.25) is 14.9 Å². The van der Waals surface area contributed by atoms with Crippen molar-refractivity contribution in [2.75, 3.05) is 27.4 Å². The van der Waals surface area contributed by atoms with Gasteiger partial charge in [0.15, 0.2) is 11.5 Å². The monoisotopic (exact) mass is 408 g/mol. The fourth-order valence-corrected chi connectivity index (χ4v) is 3.45. The average Bonchev–Trinajstić information content (AvgIpc) is 2.77. The van der Waals surface area contributed by atoms with Crippen molar-refractivity contribution in [2.45, 2.75) is 6.54 Å². The molecular formula is C22H20N2O6. The Labute approximate surface area is 172 Å². The van der Waals surface area contributed by atoms with Gasteiger partial charge in [0.1, 0.15) is 24.5 Å². The second-order valence-corrected chi connectivity index (χ2v) is 6.98. The van der Waals surface area contributed by atoms with Crippen LogP contribution in [-0.4, -0.2) is 43.1 Å². The first-order chi connectivity index (χ1) is 14.5. The van der Waals surface area contributed by atoms with Crippen molar-refractivity contribution in [3.8, 4) is 17.2 Å². The second-order valence-electron chi connectivity index (χ2n) is 6.98. The van der Waals surface area contributed by atoms with E-state index in [0.29, 0.717) is 25.5 Å². The molecule has 0 saturated carbocycles. The minimum atomic E-state index is -0.581. The lowest BCUT2D eigenvalue weighted by molar-refractivity contribution is -0.385. The van der Waals surface area contributed by atoms with Crippen LogP contribution in [0, 0.1) is 10.1 Å². The highest BCUT2D eigenvalue weighted by Gasteiger charge is 2.28. The number of hydrogen-bond acceptors (Lipinski definition) is 6. The molecular weight excluding hydrogens is 388 g/mol. The molecule has 0 saturated heterocycles. The van der Waals surface area contributed by atoms with E-state index in [0.717, 1.165) is 22.1 Å². The van der Waals surface area contributed by atoms with Crippen molar-refractivity contribution < 1.29 is 23.9 Å². The van der Waals surface area contributed by atoms with Crippen LogP contribution < -0.4 is 14.2 Å². The van der Waals surface area contributed by atoms with Crippen LogP contribution in [0.1, 0.15) is 15.9 Å². The molecule has 3 aromatic rings. The number of carbonyl (C=O) groups excluding carboxylic acids is 1. The van der Waals surface area contributed by atoms with E-state index in [1.54, 1.807) is 14.2 Å². The molecule has 4 rings (SSSR count). The molecule has 8 heteroatoms. The third-order valence-electron chi connectivity index (χ3n) is 4.97. The third-order valence-corrected chi connectivity index (χ3v) is 4.97. The van der Waals surface area contributed by atoms with Gasteiger partial charge in [0, 0.05) is 19.7 Å². The van der Waals surface area contributed by atoms with Gasteiger partial charge in [0.05, 0.1) is 18.1 Å². The Kier molecular flexibility index (Phi) is 5.14. The number of methoxy groups -OCH3 is 1. The smallest absolute Gasteiger partial charge is 0.286 e. The van der Waals surface area contributed by atoms with Crippen molar-refractivity contribution >= 4 is 22.4 Å². The molecule has 30 heavy (non-hydrogen) atoms. The summed E-state index contributed by atoms with van der Waals surface area (Å²) in [7, 11) is 3.23. The molecule has 3 aromatic carbocycles. The number of ether oxygens (including phenoxy) is 3. The summed E-state index contributed by atoms with van der Waals surface area (Å²) in [5.74, 6) is 0.919. The van der Waals surface area contributed by atoms with Gasteiger partial charge in [0.25, 0.3) is 11.6 Å². The van der Waals surface area contributed by atoms with Gasteiger partial charge in [-0.2, -0.15) is 0 Å². The summed E-state index contributed by atoms with van der Waals surface area (Å²) in [5, 5.41) is 13.6. The van der Waals surface area contributed by atoms with Gasteiger partial charge < -0.3 is 19.1 Å². The number of benzene rings is 3. The first-order valence-corrected chi connectivity index (χ1v) is 9.36. The molecule has 1 heterocycles. The highest BCUT2D eigenvalue weighted by Crippen LogP contribution is 2.37. The highest BCUT2D eigenvalue weighted by atomic mass is 16.6. The Morgan fingerprint density at radius 2 is 1.73 bits per heavy atom. The minimum absolute atomic E-state index is 0.0303. The van der Waals surface area contributed by atoms with E-state index in [-0.39, 0.29) is 17.0 Å². The average molecular weight is 408 g/mol. The van der Waals surface area contributed by atoms with Crippen molar-refractivity contribution in [1.29, 1.82) is 0 Å². The molecule has 1 amide bonds. The Morgan fingerprint density at radius 1 is 1.07 bits per heavy atom. The van der Waals surface area contributed by atoms with Gasteiger partial charge >= 0.3 is 0 Å². The Bertz CT molecular complexity index is 1140. The maximum Gasteiger partial charge on any atom is 0.286 e. The zero-order valence-corrected chi connectivity index (χ0v) is 16.6. The van der Waals surface area contributed by atoms with Gasteiger partial charge in [-0.15, -0.1) is 0 Å². The minimum Gasteiger partial charge on any atom is -0.497 e. The summed E-state index contributed by atoms with van der Waals surface area (Å²) in [6.07, 6.45) is 0. The fraction of sp³-hybridized carbons (Fsp3) is 0.227. The summed E-state index contributed by atoms with van der Waals surface area (Å²) in [4.78, 5) is 25.4. The largest absolute Gasteiger partial charge is 0.497 e. The van der Waals surface area contributed by atoms with Crippen LogP contribution in [0.5, 0.6) is 17.2 Å². The lowest BCUT2D eigenvalue weighted by Crippen LogP contribution is -2.27. The zero-order chi connectivity index (χ0) is 21.3. The maximum absolute atomic E-state index is 13.0. The highest BCUT2D eigenvalue weighted by molar-refractivity contribution is 5.99. The van der Waals surface area contributed by atoms with Gasteiger partial charge in [-0.05, 0) is 34.5 Å². The number of nitro groups is 1. The van der Waals surface area contributed by atoms with Crippen LogP contribution >= 0.6 is 0 Å². The molecule has 0 fully saturated rings. The number of fused-ring (bicyclic) bond motifs is 2. The molecule has 0 atom stereocenters. The standard InChI is InChI=1S/C22H20N2O6/c1-23(13-14-3-4-16-10-17(28-2)6-5-15(16)9-14)22(25)18-11-20-21(30-8-7-29-20)12-19(18)24(26)27/h3-6,9-12H,7-8,13H2,1-2H3. The van der Waals surface area contributed by atoms with E-state index in [1.165, 1.54) is 17.0 Å². The Morgan fingerprint density at radius 3 is 2.43 bits per heavy atom. The SMILES string of the molecule is COc1ccc2cc(CN(C)C(=O)c3cc4c(cc3[N+](=O)[O-])OCCO4)ccc2c1. The quantitative estimate of drug-likeness (QED) is 0.471. The summed E-state index contributed by atoms with van der Waals surface area (Å²) >= 11 is 0. The van der Waals surface area contributed by atoms with E-state index < -0.39 is 10.8 Å². The van der Waals surface area contributed by atoms with Gasteiger partial charge in [0.2, 0.25) is 0 Å². The van der Waals surface area contributed by atoms with E-state index >= 15 is 0 Å². The predicted octanol–water partition coefficient (Wildman–Crippen LogP) is 3.80. The molecule has 0 aliphatic carbocycles. The van der Waals surface area contributed by atoms with Crippen LogP contribution in [0.3, 0.4) is 0 Å². The zero-order valence-electron chi connectivity index (χ0n) is 16.6. The van der Waals surface area contributed by atoms with Crippen molar-refractivity contribution in [3.05, 3.63) is 69.8 Å². The third kappa shape index (κ3) is 3.71. The molecule has 1 aliphatic rings. The number of hydrogen-bond donors (Lipinski definition) is 0. The predicted molar refractivity (Wildman–Crippen MR) is 110 cm³/mol. The number of nitrogens with zero attached hydrogens (tertiary/aromatic N) is 2. The van der Waals surface area contributed by atoms with Crippen molar-refractivity contribution in [3.63, 3.8) is 0 Å². The molecule has 154 valence electrons. The lowest BCUT2D eigenvalue weighted by Gasteiger charge is -2.21. The van der Waals surface area contributed by atoms with Crippen LogP contribution in [0.4, 0.5) is 5.69 Å². The van der Waals surface area contributed by atoms with Crippen LogP contribution in [0.15, 0.2) is 48.5 Å². The summed E-state index contributed by atoms with van der Waals surface area (Å²) in [6.45, 7) is 0.938. The number of carbonyl (C=O) groups is 1. The molecule has 0 N–H and O–H groups in total. The Hall–Kier alpha value is -3.81. The van der Waals surface area contributed by atoms with Crippen LogP contribution in [0.2, 0.25) is 0 Å². The first-order valence-electron chi connectivity index (χ1n) is 9.36. The lowest BCUT2D eigenvalue weighted by atomic mass is 10.1. The molecule has 0 aromatic heterocycles. The summed E-state index contributed by atoms with van der Waals surface area (Å²) < 4.78 is 16.1. The van der Waals surface area contributed by atoms with Crippen LogP contribution in [-0.2, 0) is 6.54 Å². The molecule has 8 nitrogen and oxygen atoms in total. The van der Waals surface area contributed by atoms with Gasteiger partial charge in [-0.25, -0.2) is 0 Å². The first kappa shape index (κ1) is 19.5. The number of nitro benzene ring substituents is 1. The second kappa shape index (κ2) is 7.90. The topological polar surface area (TPSA) is 91.1 Å². The van der Waals surface area contributed by atoms with Crippen molar-refractivity contribution in [2.24, 2.45) is 0 Å². The van der Waals surface area contributed by atoms with E-state index in [2.05, 4.69) is 0 Å². The van der Waals surface area contributed by atoms with E-state index in [1.807, 2.05) is 36.4 Å². The van der Waals surface area contributed by atoms with E-state index in [4.69, 9.17) is 14.2 Å². The van der Waals surface area contributed by atoms with Crippen LogP contribution in [0.25, 0.3) is 10.8 Å². The summed E-state index contributed by atoms with van der Waals surface area (Å²) in [5.41, 5.74) is 0.572. The summed E-state index contributed by atoms with van der Waals surface area (Å²) in [6, 6.07) is 14.3. The Balaban J connectivity index is 1.60. The number of amides is 1. The van der Waals surface area contributed by atoms with E-state index in [9.17, 15) is 14.9 Å². The van der Waals surface area contributed by atoms with Crippen molar-refractivity contribution in [1.82, 2.24) is 4.90 Å². The number of rotatable bonds is 5.